The van der Waals surface area contributed by atoms with E-state index in [2.05, 4.69) is 6.92 Å². The summed E-state index contributed by atoms with van der Waals surface area (Å²) in [7, 11) is 0. The summed E-state index contributed by atoms with van der Waals surface area (Å²) < 4.78 is 0. The summed E-state index contributed by atoms with van der Waals surface area (Å²) in [5, 5.41) is 0.763. The molecule has 0 aliphatic carbocycles. The van der Waals surface area contributed by atoms with Gasteiger partial charge in [-0.25, -0.2) is 0 Å². The monoisotopic (exact) mass is 210 g/mol. The van der Waals surface area contributed by atoms with E-state index >= 15 is 0 Å². The van der Waals surface area contributed by atoms with E-state index in [4.69, 9.17) is 11.6 Å². The van der Waals surface area contributed by atoms with E-state index < -0.39 is 0 Å². The Labute approximate surface area is 90.1 Å². The number of aldehydes is 1. The second-order valence-corrected chi connectivity index (χ2v) is 3.84. The fourth-order valence-electron chi connectivity index (χ4n) is 1.61. The molecule has 76 valence electrons. The van der Waals surface area contributed by atoms with Crippen LogP contribution in [0, 0.1) is 0 Å². The minimum Gasteiger partial charge on any atom is -0.303 e. The molecule has 0 unspecified atom stereocenters. The fourth-order valence-corrected chi connectivity index (χ4v) is 1.74. The lowest BCUT2D eigenvalue weighted by molar-refractivity contribution is -0.108. The second kappa shape index (κ2) is 5.82. The van der Waals surface area contributed by atoms with E-state index in [0.29, 0.717) is 12.3 Å². The number of benzene rings is 1. The van der Waals surface area contributed by atoms with Crippen molar-refractivity contribution < 1.29 is 4.79 Å². The largest absolute Gasteiger partial charge is 0.303 e. The van der Waals surface area contributed by atoms with Crippen molar-refractivity contribution in [3.63, 3.8) is 0 Å². The Morgan fingerprint density at radius 1 is 1.36 bits per heavy atom. The van der Waals surface area contributed by atoms with Gasteiger partial charge in [0.05, 0.1) is 0 Å². The summed E-state index contributed by atoms with van der Waals surface area (Å²) in [5.41, 5.74) is 1.28. The zero-order chi connectivity index (χ0) is 10.4. The van der Waals surface area contributed by atoms with Gasteiger partial charge in [-0.05, 0) is 36.5 Å². The first-order chi connectivity index (χ1) is 6.77. The smallest absolute Gasteiger partial charge is 0.120 e. The lowest BCUT2D eigenvalue weighted by atomic mass is 9.92. The summed E-state index contributed by atoms with van der Waals surface area (Å²) in [5.74, 6) is 0.484. The van der Waals surface area contributed by atoms with Crippen molar-refractivity contribution in [2.24, 2.45) is 0 Å². The normalized spacial score (nSPS) is 12.4. The van der Waals surface area contributed by atoms with Crippen LogP contribution in [-0.2, 0) is 4.79 Å². The number of rotatable bonds is 5. The molecule has 1 nitrogen and oxygen atoms in total. The number of carbonyl (C=O) groups is 1. The van der Waals surface area contributed by atoms with Crippen LogP contribution in [0.4, 0.5) is 0 Å². The average Bonchev–Trinajstić information content (AvgIpc) is 2.21. The predicted molar refractivity (Wildman–Crippen MR) is 59.8 cm³/mol. The van der Waals surface area contributed by atoms with Gasteiger partial charge in [0.2, 0.25) is 0 Å². The molecule has 0 saturated carbocycles. The molecule has 0 radical (unpaired) electrons. The minimum absolute atomic E-state index is 0.484. The molecule has 2 heteroatoms. The number of carbonyl (C=O) groups excluding carboxylic acids is 1. The van der Waals surface area contributed by atoms with Gasteiger partial charge >= 0.3 is 0 Å². The van der Waals surface area contributed by atoms with Gasteiger partial charge in [0.15, 0.2) is 0 Å². The Kier molecular flexibility index (Phi) is 4.68. The lowest BCUT2D eigenvalue weighted by Crippen LogP contribution is -1.97. The standard InChI is InChI=1S/C12H15ClO/c1-2-10(4-3-9-14)11-5-7-12(13)8-6-11/h5-10H,2-4H2,1H3/t10-/m1/s1. The zero-order valence-electron chi connectivity index (χ0n) is 8.37. The van der Waals surface area contributed by atoms with Crippen LogP contribution >= 0.6 is 11.6 Å². The molecule has 1 aromatic rings. The molecule has 0 heterocycles. The lowest BCUT2D eigenvalue weighted by Gasteiger charge is -2.13. The third-order valence-corrected chi connectivity index (χ3v) is 2.72. The number of halogens is 1. The van der Waals surface area contributed by atoms with Gasteiger partial charge in [-0.3, -0.25) is 0 Å². The first-order valence-corrected chi connectivity index (χ1v) is 5.34. The van der Waals surface area contributed by atoms with Gasteiger partial charge in [0, 0.05) is 11.4 Å². The van der Waals surface area contributed by atoms with Gasteiger partial charge < -0.3 is 4.79 Å². The molecule has 0 aliphatic rings. The van der Waals surface area contributed by atoms with Crippen molar-refractivity contribution in [1.82, 2.24) is 0 Å². The first kappa shape index (κ1) is 11.3. The third kappa shape index (κ3) is 3.15. The van der Waals surface area contributed by atoms with Gasteiger partial charge in [0.1, 0.15) is 6.29 Å². The van der Waals surface area contributed by atoms with Crippen LogP contribution in [0.25, 0.3) is 0 Å². The summed E-state index contributed by atoms with van der Waals surface area (Å²) in [6.45, 7) is 2.14. The molecule has 1 atom stereocenters. The van der Waals surface area contributed by atoms with Crippen LogP contribution in [-0.4, -0.2) is 6.29 Å². The van der Waals surface area contributed by atoms with Crippen molar-refractivity contribution >= 4 is 17.9 Å². The third-order valence-electron chi connectivity index (χ3n) is 2.47. The maximum Gasteiger partial charge on any atom is 0.120 e. The Balaban J connectivity index is 2.68. The molecule has 0 aliphatic heterocycles. The molecular weight excluding hydrogens is 196 g/mol. The van der Waals surface area contributed by atoms with Crippen molar-refractivity contribution in [1.29, 1.82) is 0 Å². The van der Waals surface area contributed by atoms with E-state index in [1.807, 2.05) is 24.3 Å². The number of hydrogen-bond donors (Lipinski definition) is 0. The molecule has 0 bridgehead atoms. The Hall–Kier alpha value is -0.820. The van der Waals surface area contributed by atoms with Crippen molar-refractivity contribution in [2.45, 2.75) is 32.1 Å². The molecule has 1 aromatic carbocycles. The minimum atomic E-state index is 0.484. The Bertz CT molecular complexity index is 279. The molecule has 0 fully saturated rings. The highest BCUT2D eigenvalue weighted by Crippen LogP contribution is 2.25. The predicted octanol–water partition coefficient (Wildman–Crippen LogP) is 3.81. The Morgan fingerprint density at radius 3 is 2.50 bits per heavy atom. The van der Waals surface area contributed by atoms with Crippen LogP contribution in [0.1, 0.15) is 37.7 Å². The molecule has 0 spiro atoms. The van der Waals surface area contributed by atoms with E-state index in [1.54, 1.807) is 0 Å². The number of hydrogen-bond acceptors (Lipinski definition) is 1. The van der Waals surface area contributed by atoms with Crippen molar-refractivity contribution in [3.8, 4) is 0 Å². The summed E-state index contributed by atoms with van der Waals surface area (Å²) in [6, 6.07) is 7.89. The highest BCUT2D eigenvalue weighted by molar-refractivity contribution is 6.30. The molecule has 14 heavy (non-hydrogen) atoms. The molecule has 0 aromatic heterocycles. The van der Waals surface area contributed by atoms with Crippen LogP contribution in [0.5, 0.6) is 0 Å². The van der Waals surface area contributed by atoms with Crippen LogP contribution in [0.15, 0.2) is 24.3 Å². The molecule has 0 N–H and O–H groups in total. The maximum atomic E-state index is 10.3. The highest BCUT2D eigenvalue weighted by atomic mass is 35.5. The summed E-state index contributed by atoms with van der Waals surface area (Å²) in [6.07, 6.45) is 3.62. The Morgan fingerprint density at radius 2 is 2.00 bits per heavy atom. The van der Waals surface area contributed by atoms with Crippen LogP contribution in [0.3, 0.4) is 0 Å². The molecule has 0 amide bonds. The maximum absolute atomic E-state index is 10.3. The van der Waals surface area contributed by atoms with Gasteiger partial charge in [-0.15, -0.1) is 0 Å². The molecule has 0 saturated heterocycles. The molecular formula is C12H15ClO. The van der Waals surface area contributed by atoms with E-state index in [-0.39, 0.29) is 0 Å². The summed E-state index contributed by atoms with van der Waals surface area (Å²) in [4.78, 5) is 10.3. The van der Waals surface area contributed by atoms with Gasteiger partial charge in [-0.1, -0.05) is 30.7 Å². The van der Waals surface area contributed by atoms with E-state index in [9.17, 15) is 4.79 Å². The average molecular weight is 211 g/mol. The highest BCUT2D eigenvalue weighted by Gasteiger charge is 2.08. The quantitative estimate of drug-likeness (QED) is 0.676. The zero-order valence-corrected chi connectivity index (χ0v) is 9.13. The second-order valence-electron chi connectivity index (χ2n) is 3.40. The SMILES string of the molecule is CC[C@H](CCC=O)c1ccc(Cl)cc1. The van der Waals surface area contributed by atoms with Crippen LogP contribution < -0.4 is 0 Å². The van der Waals surface area contributed by atoms with E-state index in [1.165, 1.54) is 5.56 Å². The first-order valence-electron chi connectivity index (χ1n) is 4.97. The van der Waals surface area contributed by atoms with Crippen molar-refractivity contribution in [2.75, 3.05) is 0 Å². The van der Waals surface area contributed by atoms with Crippen molar-refractivity contribution in [3.05, 3.63) is 34.9 Å². The fraction of sp³-hybridized carbons (Fsp3) is 0.417. The van der Waals surface area contributed by atoms with Gasteiger partial charge in [0.25, 0.3) is 0 Å². The topological polar surface area (TPSA) is 17.1 Å². The van der Waals surface area contributed by atoms with E-state index in [0.717, 1.165) is 24.2 Å². The summed E-state index contributed by atoms with van der Waals surface area (Å²) >= 11 is 5.81. The van der Waals surface area contributed by atoms with Gasteiger partial charge in [-0.2, -0.15) is 0 Å². The molecule has 1 rings (SSSR count). The van der Waals surface area contributed by atoms with Crippen LogP contribution in [0.2, 0.25) is 5.02 Å².